The first-order valence-electron chi connectivity index (χ1n) is 4.79. The summed E-state index contributed by atoms with van der Waals surface area (Å²) in [5.41, 5.74) is 0.325. The van der Waals surface area contributed by atoms with Crippen molar-refractivity contribution in [3.05, 3.63) is 18.0 Å². The maximum atomic E-state index is 11.3. The minimum absolute atomic E-state index is 0.171. The SMILES string of the molecule is CC(C)(C)OC(=O)CNCc1ccon1. The number of esters is 1. The summed E-state index contributed by atoms with van der Waals surface area (Å²) in [7, 11) is 0. The van der Waals surface area contributed by atoms with Crippen LogP contribution in [0.3, 0.4) is 0 Å². The van der Waals surface area contributed by atoms with Gasteiger partial charge < -0.3 is 14.6 Å². The summed E-state index contributed by atoms with van der Waals surface area (Å²) in [6, 6.07) is 1.74. The molecule has 0 amide bonds. The Hall–Kier alpha value is -1.36. The molecule has 1 N–H and O–H groups in total. The highest BCUT2D eigenvalue weighted by Crippen LogP contribution is 2.06. The van der Waals surface area contributed by atoms with Gasteiger partial charge in [0, 0.05) is 12.6 Å². The van der Waals surface area contributed by atoms with Crippen LogP contribution in [0, 0.1) is 0 Å². The monoisotopic (exact) mass is 212 g/mol. The van der Waals surface area contributed by atoms with E-state index in [-0.39, 0.29) is 12.5 Å². The Bertz CT molecular complexity index is 301. The average molecular weight is 212 g/mol. The molecule has 0 spiro atoms. The van der Waals surface area contributed by atoms with Gasteiger partial charge in [-0.05, 0) is 20.8 Å². The average Bonchev–Trinajstić information content (AvgIpc) is 2.53. The predicted molar refractivity (Wildman–Crippen MR) is 54.1 cm³/mol. The summed E-state index contributed by atoms with van der Waals surface area (Å²) in [5.74, 6) is -0.272. The van der Waals surface area contributed by atoms with Crippen LogP contribution in [0.25, 0.3) is 0 Å². The highest BCUT2D eigenvalue weighted by atomic mass is 16.6. The maximum Gasteiger partial charge on any atom is 0.320 e. The lowest BCUT2D eigenvalue weighted by atomic mass is 10.2. The number of aromatic nitrogens is 1. The summed E-state index contributed by atoms with van der Waals surface area (Å²) < 4.78 is 9.76. The van der Waals surface area contributed by atoms with Gasteiger partial charge in [-0.2, -0.15) is 0 Å². The summed E-state index contributed by atoms with van der Waals surface area (Å²) in [5, 5.41) is 6.61. The molecule has 0 atom stereocenters. The molecule has 84 valence electrons. The van der Waals surface area contributed by atoms with Gasteiger partial charge in [0.1, 0.15) is 11.9 Å². The van der Waals surface area contributed by atoms with Crippen molar-refractivity contribution in [2.75, 3.05) is 6.54 Å². The zero-order valence-corrected chi connectivity index (χ0v) is 9.24. The summed E-state index contributed by atoms with van der Waals surface area (Å²) in [6.07, 6.45) is 1.49. The van der Waals surface area contributed by atoms with Crippen LogP contribution in [0.4, 0.5) is 0 Å². The van der Waals surface area contributed by atoms with Crippen LogP contribution in [0.15, 0.2) is 16.9 Å². The van der Waals surface area contributed by atoms with Crippen molar-refractivity contribution in [1.82, 2.24) is 10.5 Å². The van der Waals surface area contributed by atoms with E-state index in [1.54, 1.807) is 6.07 Å². The van der Waals surface area contributed by atoms with Crippen LogP contribution >= 0.6 is 0 Å². The van der Waals surface area contributed by atoms with E-state index in [2.05, 4.69) is 15.0 Å². The largest absolute Gasteiger partial charge is 0.459 e. The van der Waals surface area contributed by atoms with Gasteiger partial charge in [0.2, 0.25) is 0 Å². The molecule has 0 aromatic carbocycles. The predicted octanol–water partition coefficient (Wildman–Crippen LogP) is 1.11. The smallest absolute Gasteiger partial charge is 0.320 e. The number of nitrogens with zero attached hydrogens (tertiary/aromatic N) is 1. The van der Waals surface area contributed by atoms with Crippen molar-refractivity contribution < 1.29 is 14.1 Å². The van der Waals surface area contributed by atoms with Crippen LogP contribution in [0.5, 0.6) is 0 Å². The van der Waals surface area contributed by atoms with E-state index in [9.17, 15) is 4.79 Å². The van der Waals surface area contributed by atoms with Crippen molar-refractivity contribution >= 4 is 5.97 Å². The van der Waals surface area contributed by atoms with Gasteiger partial charge in [0.15, 0.2) is 0 Å². The first-order chi connectivity index (χ1) is 6.97. The zero-order valence-electron chi connectivity index (χ0n) is 9.24. The van der Waals surface area contributed by atoms with Gasteiger partial charge in [0.25, 0.3) is 0 Å². The third-order valence-corrected chi connectivity index (χ3v) is 1.49. The lowest BCUT2D eigenvalue weighted by Gasteiger charge is -2.19. The Morgan fingerprint density at radius 3 is 2.87 bits per heavy atom. The third-order valence-electron chi connectivity index (χ3n) is 1.49. The molecule has 5 nitrogen and oxygen atoms in total. The lowest BCUT2D eigenvalue weighted by Crippen LogP contribution is -2.31. The van der Waals surface area contributed by atoms with Crippen LogP contribution < -0.4 is 5.32 Å². The fourth-order valence-electron chi connectivity index (χ4n) is 0.999. The maximum absolute atomic E-state index is 11.3. The van der Waals surface area contributed by atoms with Crippen molar-refractivity contribution in [1.29, 1.82) is 0 Å². The number of nitrogens with one attached hydrogen (secondary N) is 1. The summed E-state index contributed by atoms with van der Waals surface area (Å²) in [6.45, 7) is 6.17. The molecule has 0 aliphatic carbocycles. The molecule has 15 heavy (non-hydrogen) atoms. The lowest BCUT2D eigenvalue weighted by molar-refractivity contribution is -0.153. The molecule has 0 bridgehead atoms. The van der Waals surface area contributed by atoms with E-state index in [4.69, 9.17) is 4.74 Å². The van der Waals surface area contributed by atoms with E-state index >= 15 is 0 Å². The topological polar surface area (TPSA) is 64.4 Å². The Kier molecular flexibility index (Phi) is 3.85. The molecule has 5 heteroatoms. The molecule has 1 aromatic rings. The van der Waals surface area contributed by atoms with E-state index < -0.39 is 5.60 Å². The molecule has 0 fully saturated rings. The number of carbonyl (C=O) groups is 1. The van der Waals surface area contributed by atoms with Crippen molar-refractivity contribution in [2.24, 2.45) is 0 Å². The first-order valence-corrected chi connectivity index (χ1v) is 4.79. The van der Waals surface area contributed by atoms with Gasteiger partial charge in [-0.15, -0.1) is 0 Å². The van der Waals surface area contributed by atoms with Gasteiger partial charge in [-0.3, -0.25) is 4.79 Å². The normalized spacial score (nSPS) is 11.4. The van der Waals surface area contributed by atoms with Gasteiger partial charge in [-0.1, -0.05) is 5.16 Å². The van der Waals surface area contributed by atoms with E-state index in [1.807, 2.05) is 20.8 Å². The zero-order chi connectivity index (χ0) is 11.3. The van der Waals surface area contributed by atoms with E-state index in [1.165, 1.54) is 6.26 Å². The summed E-state index contributed by atoms with van der Waals surface area (Å²) >= 11 is 0. The molecule has 0 saturated heterocycles. The number of rotatable bonds is 4. The summed E-state index contributed by atoms with van der Waals surface area (Å²) in [4.78, 5) is 11.3. The molecule has 0 unspecified atom stereocenters. The van der Waals surface area contributed by atoms with Gasteiger partial charge >= 0.3 is 5.97 Å². The molecule has 0 aliphatic rings. The fourth-order valence-corrected chi connectivity index (χ4v) is 0.999. The van der Waals surface area contributed by atoms with Crippen LogP contribution in [0.2, 0.25) is 0 Å². The second kappa shape index (κ2) is 4.93. The van der Waals surface area contributed by atoms with Crippen molar-refractivity contribution in [2.45, 2.75) is 32.9 Å². The minimum Gasteiger partial charge on any atom is -0.459 e. The highest BCUT2D eigenvalue weighted by Gasteiger charge is 2.15. The number of ether oxygens (including phenoxy) is 1. The Morgan fingerprint density at radius 2 is 2.33 bits per heavy atom. The van der Waals surface area contributed by atoms with Crippen LogP contribution in [0.1, 0.15) is 26.5 Å². The minimum atomic E-state index is -0.438. The quantitative estimate of drug-likeness (QED) is 0.757. The number of hydrogen-bond donors (Lipinski definition) is 1. The van der Waals surface area contributed by atoms with Crippen LogP contribution in [-0.2, 0) is 16.1 Å². The van der Waals surface area contributed by atoms with Gasteiger partial charge in [0.05, 0.1) is 12.2 Å². The highest BCUT2D eigenvalue weighted by molar-refractivity contribution is 5.72. The molecule has 0 radical (unpaired) electrons. The number of carbonyl (C=O) groups excluding carboxylic acids is 1. The Labute approximate surface area is 88.8 Å². The van der Waals surface area contributed by atoms with E-state index in [0.717, 1.165) is 5.69 Å². The first kappa shape index (κ1) is 11.7. The Morgan fingerprint density at radius 1 is 1.60 bits per heavy atom. The second-order valence-corrected chi connectivity index (χ2v) is 4.18. The van der Waals surface area contributed by atoms with Crippen LogP contribution in [-0.4, -0.2) is 23.3 Å². The third kappa shape index (κ3) is 5.17. The second-order valence-electron chi connectivity index (χ2n) is 4.18. The number of hydrogen-bond acceptors (Lipinski definition) is 5. The molecule has 1 rings (SSSR count). The molecule has 0 aliphatic heterocycles. The van der Waals surface area contributed by atoms with E-state index in [0.29, 0.717) is 6.54 Å². The molecule has 1 aromatic heterocycles. The van der Waals surface area contributed by atoms with Gasteiger partial charge in [-0.25, -0.2) is 0 Å². The fraction of sp³-hybridized carbons (Fsp3) is 0.600. The molecular formula is C10H16N2O3. The standard InChI is InChI=1S/C10H16N2O3/c1-10(2,3)15-9(13)7-11-6-8-4-5-14-12-8/h4-5,11H,6-7H2,1-3H3. The molecule has 1 heterocycles. The van der Waals surface area contributed by atoms with Crippen molar-refractivity contribution in [3.8, 4) is 0 Å². The van der Waals surface area contributed by atoms with Crippen molar-refractivity contribution in [3.63, 3.8) is 0 Å². The molecular weight excluding hydrogens is 196 g/mol. The Balaban J connectivity index is 2.18. The molecule has 0 saturated carbocycles.